The SMILES string of the molecule is CCN1CCC(=C2c3ccccc3CCc3ccccc32)C1C.Cl. The highest BCUT2D eigenvalue weighted by Crippen LogP contribution is 2.40. The van der Waals surface area contributed by atoms with Crippen molar-refractivity contribution in [1.29, 1.82) is 0 Å². The lowest BCUT2D eigenvalue weighted by molar-refractivity contribution is 0.298. The summed E-state index contributed by atoms with van der Waals surface area (Å²) in [5.41, 5.74) is 9.11. The Morgan fingerprint density at radius 1 is 0.875 bits per heavy atom. The van der Waals surface area contributed by atoms with E-state index in [4.69, 9.17) is 0 Å². The van der Waals surface area contributed by atoms with E-state index >= 15 is 0 Å². The zero-order valence-corrected chi connectivity index (χ0v) is 15.4. The number of nitrogens with zero attached hydrogens (tertiary/aromatic N) is 1. The quantitative estimate of drug-likeness (QED) is 0.696. The Hall–Kier alpha value is -1.57. The van der Waals surface area contributed by atoms with Gasteiger partial charge >= 0.3 is 0 Å². The molecule has 1 fully saturated rings. The number of fused-ring (bicyclic) bond motifs is 2. The minimum atomic E-state index is 0. The van der Waals surface area contributed by atoms with Gasteiger partial charge in [0.2, 0.25) is 0 Å². The van der Waals surface area contributed by atoms with Crippen LogP contribution in [0, 0.1) is 0 Å². The molecule has 126 valence electrons. The fraction of sp³-hybridized carbons (Fsp3) is 0.364. The topological polar surface area (TPSA) is 3.24 Å². The molecule has 0 aromatic heterocycles. The summed E-state index contributed by atoms with van der Waals surface area (Å²) in [6.07, 6.45) is 3.50. The molecule has 1 nitrogen and oxygen atoms in total. The number of hydrogen-bond acceptors (Lipinski definition) is 1. The zero-order valence-electron chi connectivity index (χ0n) is 14.6. The minimum Gasteiger partial charge on any atom is -0.297 e. The van der Waals surface area contributed by atoms with Gasteiger partial charge in [-0.25, -0.2) is 0 Å². The van der Waals surface area contributed by atoms with E-state index in [9.17, 15) is 0 Å². The molecule has 1 aliphatic carbocycles. The molecule has 2 aliphatic rings. The minimum absolute atomic E-state index is 0. The Morgan fingerprint density at radius 2 is 1.42 bits per heavy atom. The van der Waals surface area contributed by atoms with E-state index in [-0.39, 0.29) is 12.4 Å². The first-order chi connectivity index (χ1) is 11.3. The van der Waals surface area contributed by atoms with E-state index in [1.54, 1.807) is 5.57 Å². The summed E-state index contributed by atoms with van der Waals surface area (Å²) in [5.74, 6) is 0. The second-order valence-corrected chi connectivity index (χ2v) is 6.77. The molecule has 1 unspecified atom stereocenters. The van der Waals surface area contributed by atoms with Crippen LogP contribution in [0.3, 0.4) is 0 Å². The molecule has 0 radical (unpaired) electrons. The number of aryl methyl sites for hydroxylation is 2. The fourth-order valence-corrected chi connectivity index (χ4v) is 4.38. The lowest BCUT2D eigenvalue weighted by Crippen LogP contribution is -2.27. The summed E-state index contributed by atoms with van der Waals surface area (Å²) in [6.45, 7) is 7.00. The molecule has 1 aliphatic heterocycles. The van der Waals surface area contributed by atoms with Crippen LogP contribution in [0.4, 0.5) is 0 Å². The van der Waals surface area contributed by atoms with E-state index in [2.05, 4.69) is 67.3 Å². The fourth-order valence-electron chi connectivity index (χ4n) is 4.38. The predicted molar refractivity (Wildman–Crippen MR) is 105 cm³/mol. The number of rotatable bonds is 1. The molecule has 4 rings (SSSR count). The smallest absolute Gasteiger partial charge is 0.0289 e. The van der Waals surface area contributed by atoms with Crippen molar-refractivity contribution >= 4 is 18.0 Å². The van der Waals surface area contributed by atoms with E-state index in [1.165, 1.54) is 40.8 Å². The van der Waals surface area contributed by atoms with Crippen molar-refractivity contribution in [3.8, 4) is 0 Å². The second-order valence-electron chi connectivity index (χ2n) is 6.77. The highest BCUT2D eigenvalue weighted by Gasteiger charge is 2.29. The lowest BCUT2D eigenvalue weighted by Gasteiger charge is -2.22. The average molecular weight is 340 g/mol. The van der Waals surface area contributed by atoms with Gasteiger partial charge in [-0.1, -0.05) is 55.5 Å². The highest BCUT2D eigenvalue weighted by molar-refractivity contribution is 5.86. The van der Waals surface area contributed by atoms with Gasteiger partial charge in [-0.3, -0.25) is 4.90 Å². The summed E-state index contributed by atoms with van der Waals surface area (Å²) in [7, 11) is 0. The molecule has 24 heavy (non-hydrogen) atoms. The molecule has 1 heterocycles. The third-order valence-corrected chi connectivity index (χ3v) is 5.68. The van der Waals surface area contributed by atoms with Gasteiger partial charge in [0.05, 0.1) is 0 Å². The Morgan fingerprint density at radius 3 is 1.92 bits per heavy atom. The van der Waals surface area contributed by atoms with Crippen LogP contribution in [0.5, 0.6) is 0 Å². The summed E-state index contributed by atoms with van der Waals surface area (Å²) >= 11 is 0. The number of likely N-dealkylation sites (N-methyl/N-ethyl adjacent to an activating group) is 1. The predicted octanol–water partition coefficient (Wildman–Crippen LogP) is 5.12. The zero-order chi connectivity index (χ0) is 15.8. The Labute approximate surface area is 151 Å². The van der Waals surface area contributed by atoms with Gasteiger partial charge in [0.25, 0.3) is 0 Å². The van der Waals surface area contributed by atoms with Gasteiger partial charge in [-0.05, 0) is 66.1 Å². The number of halogens is 1. The third-order valence-electron chi connectivity index (χ3n) is 5.68. The van der Waals surface area contributed by atoms with Crippen molar-refractivity contribution in [2.24, 2.45) is 0 Å². The summed E-state index contributed by atoms with van der Waals surface area (Å²) in [5, 5.41) is 0. The molecule has 0 spiro atoms. The maximum absolute atomic E-state index is 2.60. The van der Waals surface area contributed by atoms with Crippen LogP contribution < -0.4 is 0 Å². The van der Waals surface area contributed by atoms with Crippen molar-refractivity contribution in [2.45, 2.75) is 39.2 Å². The lowest BCUT2D eigenvalue weighted by atomic mass is 9.87. The Bertz CT molecular complexity index is 713. The third kappa shape index (κ3) is 2.81. The standard InChI is InChI=1S/C22H25N.ClH/c1-3-23-15-14-19(16(23)2)22-20-10-6-4-8-17(20)12-13-18-9-5-7-11-21(18)22;/h4-11,16H,3,12-15H2,1-2H3;1H. The molecule has 2 aromatic rings. The number of hydrogen-bond donors (Lipinski definition) is 0. The average Bonchev–Trinajstić information content (AvgIpc) is 2.87. The van der Waals surface area contributed by atoms with Gasteiger partial charge in [0.15, 0.2) is 0 Å². The van der Waals surface area contributed by atoms with Crippen molar-refractivity contribution in [2.75, 3.05) is 13.1 Å². The molecule has 2 aromatic carbocycles. The molecule has 0 bridgehead atoms. The highest BCUT2D eigenvalue weighted by atomic mass is 35.5. The molecular formula is C22H26ClN. The number of likely N-dealkylation sites (tertiary alicyclic amines) is 1. The Balaban J connectivity index is 0.00000169. The van der Waals surface area contributed by atoms with Gasteiger partial charge in [-0.2, -0.15) is 0 Å². The van der Waals surface area contributed by atoms with Crippen LogP contribution in [0.15, 0.2) is 54.1 Å². The van der Waals surface area contributed by atoms with Crippen LogP contribution in [0.2, 0.25) is 0 Å². The molecule has 1 saturated heterocycles. The number of benzene rings is 2. The van der Waals surface area contributed by atoms with Crippen molar-refractivity contribution in [3.05, 3.63) is 76.4 Å². The van der Waals surface area contributed by atoms with Gasteiger partial charge < -0.3 is 0 Å². The summed E-state index contributed by atoms with van der Waals surface area (Å²) in [4.78, 5) is 2.60. The van der Waals surface area contributed by atoms with E-state index in [0.29, 0.717) is 6.04 Å². The van der Waals surface area contributed by atoms with Gasteiger partial charge in [-0.15, -0.1) is 12.4 Å². The first-order valence-corrected chi connectivity index (χ1v) is 8.93. The maximum Gasteiger partial charge on any atom is 0.0289 e. The van der Waals surface area contributed by atoms with Crippen LogP contribution in [0.25, 0.3) is 5.57 Å². The normalized spacial score (nSPS) is 20.2. The van der Waals surface area contributed by atoms with E-state index < -0.39 is 0 Å². The van der Waals surface area contributed by atoms with E-state index in [1.807, 2.05) is 0 Å². The summed E-state index contributed by atoms with van der Waals surface area (Å²) in [6, 6.07) is 18.6. The first-order valence-electron chi connectivity index (χ1n) is 8.93. The largest absolute Gasteiger partial charge is 0.297 e. The molecule has 0 amide bonds. The van der Waals surface area contributed by atoms with Gasteiger partial charge in [0, 0.05) is 12.6 Å². The Kier molecular flexibility index (Phi) is 5.12. The van der Waals surface area contributed by atoms with Crippen molar-refractivity contribution in [1.82, 2.24) is 4.90 Å². The molecule has 0 N–H and O–H groups in total. The van der Waals surface area contributed by atoms with Crippen LogP contribution in [0.1, 0.15) is 42.5 Å². The van der Waals surface area contributed by atoms with Crippen molar-refractivity contribution < 1.29 is 0 Å². The van der Waals surface area contributed by atoms with Crippen LogP contribution >= 0.6 is 12.4 Å². The van der Waals surface area contributed by atoms with Crippen LogP contribution in [-0.2, 0) is 12.8 Å². The molecule has 1 atom stereocenters. The summed E-state index contributed by atoms with van der Waals surface area (Å²) < 4.78 is 0. The first kappa shape index (κ1) is 17.3. The van der Waals surface area contributed by atoms with Gasteiger partial charge in [0.1, 0.15) is 0 Å². The molecule has 2 heteroatoms. The second kappa shape index (κ2) is 7.13. The molecule has 0 saturated carbocycles. The molecular weight excluding hydrogens is 314 g/mol. The van der Waals surface area contributed by atoms with Crippen LogP contribution in [-0.4, -0.2) is 24.0 Å². The monoisotopic (exact) mass is 339 g/mol. The van der Waals surface area contributed by atoms with Crippen molar-refractivity contribution in [3.63, 3.8) is 0 Å². The van der Waals surface area contributed by atoms with E-state index in [0.717, 1.165) is 19.4 Å². The maximum atomic E-state index is 2.60.